The maximum Gasteiger partial charge on any atom is 0.301 e. The number of rotatable bonds is 6. The lowest BCUT2D eigenvalue weighted by molar-refractivity contribution is 0.295. The Hall–Kier alpha value is -0.410. The van der Waals surface area contributed by atoms with Crippen LogP contribution in [0.5, 0.6) is 0 Å². The molecule has 76 valence electrons. The summed E-state index contributed by atoms with van der Waals surface area (Å²) in [7, 11) is 0. The van der Waals surface area contributed by atoms with E-state index in [1.807, 2.05) is 13.8 Å². The first-order chi connectivity index (χ1) is 5.98. The molecule has 0 amide bonds. The molecule has 0 spiro atoms. The molecule has 0 aliphatic heterocycles. The minimum atomic E-state index is -2.16. The molecule has 0 aromatic rings. The SMILES string of the molecule is C#CC(C)(C)NCCCOS(=O)O. The zero-order chi connectivity index (χ0) is 10.3. The lowest BCUT2D eigenvalue weighted by Crippen LogP contribution is -2.38. The molecule has 0 aliphatic carbocycles. The maximum absolute atomic E-state index is 10.1. The molecule has 4 nitrogen and oxygen atoms in total. The third-order valence-corrected chi connectivity index (χ3v) is 1.80. The van der Waals surface area contributed by atoms with E-state index in [-0.39, 0.29) is 12.1 Å². The first-order valence-corrected chi connectivity index (χ1v) is 4.98. The van der Waals surface area contributed by atoms with Gasteiger partial charge in [0.05, 0.1) is 12.1 Å². The van der Waals surface area contributed by atoms with Crippen LogP contribution < -0.4 is 5.32 Å². The molecule has 0 aromatic heterocycles. The molecule has 2 N–H and O–H groups in total. The van der Waals surface area contributed by atoms with Gasteiger partial charge in [0.2, 0.25) is 0 Å². The van der Waals surface area contributed by atoms with Crippen molar-refractivity contribution in [3.63, 3.8) is 0 Å². The zero-order valence-corrected chi connectivity index (χ0v) is 8.69. The zero-order valence-electron chi connectivity index (χ0n) is 7.87. The van der Waals surface area contributed by atoms with Crippen molar-refractivity contribution in [2.24, 2.45) is 0 Å². The number of nitrogens with one attached hydrogen (secondary N) is 1. The van der Waals surface area contributed by atoms with Crippen molar-refractivity contribution >= 4 is 11.4 Å². The van der Waals surface area contributed by atoms with Crippen molar-refractivity contribution in [2.45, 2.75) is 25.8 Å². The summed E-state index contributed by atoms with van der Waals surface area (Å²) in [5.41, 5.74) is -0.335. The highest BCUT2D eigenvalue weighted by molar-refractivity contribution is 7.74. The average molecular weight is 205 g/mol. The predicted octanol–water partition coefficient (Wildman–Crippen LogP) is 0.531. The van der Waals surface area contributed by atoms with Gasteiger partial charge in [-0.15, -0.1) is 6.42 Å². The third kappa shape index (κ3) is 7.94. The Labute approximate surface area is 81.5 Å². The molecule has 13 heavy (non-hydrogen) atoms. The van der Waals surface area contributed by atoms with Gasteiger partial charge < -0.3 is 5.32 Å². The van der Waals surface area contributed by atoms with Gasteiger partial charge in [-0.2, -0.15) is 4.21 Å². The van der Waals surface area contributed by atoms with Crippen LogP contribution in [0.1, 0.15) is 20.3 Å². The number of hydrogen-bond donors (Lipinski definition) is 2. The molecule has 0 aromatic carbocycles. The van der Waals surface area contributed by atoms with Crippen LogP contribution >= 0.6 is 0 Å². The number of terminal acetylenes is 1. The van der Waals surface area contributed by atoms with Crippen LogP contribution in [-0.2, 0) is 15.5 Å². The van der Waals surface area contributed by atoms with E-state index in [0.717, 1.165) is 0 Å². The smallest absolute Gasteiger partial charge is 0.301 e. The molecule has 0 fully saturated rings. The van der Waals surface area contributed by atoms with Gasteiger partial charge in [-0.05, 0) is 26.8 Å². The second-order valence-corrected chi connectivity index (χ2v) is 3.76. The van der Waals surface area contributed by atoms with E-state index in [1.54, 1.807) is 0 Å². The quantitative estimate of drug-likeness (QED) is 0.377. The summed E-state index contributed by atoms with van der Waals surface area (Å²) in [6.45, 7) is 4.68. The van der Waals surface area contributed by atoms with Crippen molar-refractivity contribution < 1.29 is 12.9 Å². The van der Waals surface area contributed by atoms with E-state index in [0.29, 0.717) is 13.0 Å². The fraction of sp³-hybridized carbons (Fsp3) is 0.750. The van der Waals surface area contributed by atoms with E-state index in [9.17, 15) is 4.21 Å². The van der Waals surface area contributed by atoms with E-state index < -0.39 is 11.4 Å². The summed E-state index contributed by atoms with van der Waals surface area (Å²) in [4.78, 5) is 0. The summed E-state index contributed by atoms with van der Waals surface area (Å²) in [5.74, 6) is 2.58. The van der Waals surface area contributed by atoms with Gasteiger partial charge in [-0.3, -0.25) is 8.74 Å². The lowest BCUT2D eigenvalue weighted by atomic mass is 10.1. The van der Waals surface area contributed by atoms with Gasteiger partial charge in [-0.25, -0.2) is 0 Å². The normalized spacial score (nSPS) is 13.7. The highest BCUT2D eigenvalue weighted by Gasteiger charge is 2.10. The van der Waals surface area contributed by atoms with Crippen molar-refractivity contribution in [2.75, 3.05) is 13.2 Å². The van der Waals surface area contributed by atoms with Gasteiger partial charge in [0.1, 0.15) is 0 Å². The Kier molecular flexibility index (Phi) is 5.91. The van der Waals surface area contributed by atoms with E-state index in [1.165, 1.54) is 0 Å². The van der Waals surface area contributed by atoms with E-state index in [4.69, 9.17) is 11.0 Å². The molecule has 0 rings (SSSR count). The third-order valence-electron chi connectivity index (χ3n) is 1.43. The molecule has 0 radical (unpaired) electrons. The summed E-state index contributed by atoms with van der Waals surface area (Å²) < 4.78 is 22.7. The first kappa shape index (κ1) is 12.6. The summed E-state index contributed by atoms with van der Waals surface area (Å²) in [5, 5.41) is 3.09. The Bertz CT molecular complexity index is 210. The fourth-order valence-corrected chi connectivity index (χ4v) is 0.915. The fourth-order valence-electron chi connectivity index (χ4n) is 0.654. The Morgan fingerprint density at radius 1 is 1.69 bits per heavy atom. The molecular weight excluding hydrogens is 190 g/mol. The summed E-state index contributed by atoms with van der Waals surface area (Å²) >= 11 is -2.16. The minimum Gasteiger partial charge on any atom is -0.302 e. The molecule has 0 bridgehead atoms. The predicted molar refractivity (Wildman–Crippen MR) is 52.3 cm³/mol. The molecular formula is C8H15NO3S. The van der Waals surface area contributed by atoms with E-state index >= 15 is 0 Å². The minimum absolute atomic E-state index is 0.247. The van der Waals surface area contributed by atoms with Crippen LogP contribution in [-0.4, -0.2) is 27.5 Å². The average Bonchev–Trinajstić information content (AvgIpc) is 2.03. The van der Waals surface area contributed by atoms with Crippen LogP contribution in [0.4, 0.5) is 0 Å². The molecule has 0 aliphatic rings. The highest BCUT2D eigenvalue weighted by atomic mass is 32.2. The van der Waals surface area contributed by atoms with Crippen LogP contribution in [0.2, 0.25) is 0 Å². The Morgan fingerprint density at radius 3 is 2.77 bits per heavy atom. The molecule has 5 heteroatoms. The van der Waals surface area contributed by atoms with Gasteiger partial charge in [0.15, 0.2) is 0 Å². The maximum atomic E-state index is 10.1. The highest BCUT2D eigenvalue weighted by Crippen LogP contribution is 1.98. The van der Waals surface area contributed by atoms with Crippen molar-refractivity contribution in [1.82, 2.24) is 5.32 Å². The van der Waals surface area contributed by atoms with Crippen molar-refractivity contribution in [3.05, 3.63) is 0 Å². The lowest BCUT2D eigenvalue weighted by Gasteiger charge is -2.18. The largest absolute Gasteiger partial charge is 0.302 e. The molecule has 0 saturated carbocycles. The molecule has 1 atom stereocenters. The summed E-state index contributed by atoms with van der Waals surface area (Å²) in [6, 6.07) is 0. The van der Waals surface area contributed by atoms with Crippen LogP contribution in [0.3, 0.4) is 0 Å². The first-order valence-electron chi connectivity index (χ1n) is 3.95. The molecule has 0 saturated heterocycles. The second-order valence-electron chi connectivity index (χ2n) is 3.09. The van der Waals surface area contributed by atoms with E-state index in [2.05, 4.69) is 15.4 Å². The Morgan fingerprint density at radius 2 is 2.31 bits per heavy atom. The van der Waals surface area contributed by atoms with Crippen molar-refractivity contribution in [1.29, 1.82) is 0 Å². The van der Waals surface area contributed by atoms with Crippen LogP contribution in [0, 0.1) is 12.3 Å². The second kappa shape index (κ2) is 6.11. The molecule has 0 heterocycles. The van der Waals surface area contributed by atoms with Crippen LogP contribution in [0.25, 0.3) is 0 Å². The van der Waals surface area contributed by atoms with Gasteiger partial charge in [0.25, 0.3) is 0 Å². The monoisotopic (exact) mass is 205 g/mol. The van der Waals surface area contributed by atoms with Crippen molar-refractivity contribution in [3.8, 4) is 12.3 Å². The van der Waals surface area contributed by atoms with Crippen LogP contribution in [0.15, 0.2) is 0 Å². The van der Waals surface area contributed by atoms with Gasteiger partial charge >= 0.3 is 11.4 Å². The van der Waals surface area contributed by atoms with Gasteiger partial charge in [0, 0.05) is 0 Å². The standard InChI is InChI=1S/C8H15NO3S/c1-4-8(2,3)9-6-5-7-12-13(10)11/h1,9H,5-7H2,2-3H3,(H,10,11). The Balaban J connectivity index is 3.37. The number of hydrogen-bond acceptors (Lipinski definition) is 3. The summed E-state index contributed by atoms with van der Waals surface area (Å²) in [6.07, 6.45) is 5.89. The molecule has 1 unspecified atom stereocenters. The van der Waals surface area contributed by atoms with Gasteiger partial charge in [-0.1, -0.05) is 5.92 Å². The topological polar surface area (TPSA) is 58.6 Å².